The van der Waals surface area contributed by atoms with E-state index in [0.717, 1.165) is 26.1 Å². The molecule has 24 heavy (non-hydrogen) atoms. The number of thiazole rings is 1. The fraction of sp³-hybridized carbons (Fsp3) is 0.0556. The highest BCUT2D eigenvalue weighted by Crippen LogP contribution is 2.23. The van der Waals surface area contributed by atoms with Crippen molar-refractivity contribution in [3.63, 3.8) is 0 Å². The molecule has 2 heterocycles. The number of rotatable bonds is 5. The third-order valence-electron chi connectivity index (χ3n) is 3.17. The van der Waals surface area contributed by atoms with Crippen LogP contribution in [0.4, 0.5) is 0 Å². The molecule has 3 rings (SSSR count). The summed E-state index contributed by atoms with van der Waals surface area (Å²) in [5, 5.41) is 6.67. The van der Waals surface area contributed by atoms with Crippen LogP contribution in [0.3, 0.4) is 0 Å². The Morgan fingerprint density at radius 2 is 2.21 bits per heavy atom. The van der Waals surface area contributed by atoms with Gasteiger partial charge in [-0.05, 0) is 18.2 Å². The molecule has 120 valence electrons. The molecular weight excluding hydrogens is 384 g/mol. The number of pyridine rings is 1. The van der Waals surface area contributed by atoms with E-state index in [9.17, 15) is 0 Å². The van der Waals surface area contributed by atoms with Gasteiger partial charge in [0.1, 0.15) is 0 Å². The molecule has 1 aromatic carbocycles. The monoisotopic (exact) mass is 398 g/mol. The Hall–Kier alpha value is -2.31. The second-order valence-electron chi connectivity index (χ2n) is 4.89. The Morgan fingerprint density at radius 3 is 2.96 bits per heavy atom. The molecule has 0 radical (unpaired) electrons. The largest absolute Gasteiger partial charge is 0.264 e. The molecule has 6 heteroatoms. The zero-order valence-electron chi connectivity index (χ0n) is 12.8. The Bertz CT molecular complexity index is 925. The van der Waals surface area contributed by atoms with Crippen molar-refractivity contribution in [1.82, 2.24) is 9.66 Å². The van der Waals surface area contributed by atoms with Crippen molar-refractivity contribution < 1.29 is 0 Å². The van der Waals surface area contributed by atoms with Crippen LogP contribution >= 0.6 is 27.3 Å². The first-order chi connectivity index (χ1) is 11.8. The molecule has 2 aromatic heterocycles. The highest BCUT2D eigenvalue weighted by atomic mass is 79.9. The first-order valence-electron chi connectivity index (χ1n) is 7.30. The van der Waals surface area contributed by atoms with Gasteiger partial charge in [-0.2, -0.15) is 5.10 Å². The molecule has 0 aliphatic rings. The molecule has 0 amide bonds. The van der Waals surface area contributed by atoms with Crippen LogP contribution in [0.15, 0.2) is 81.4 Å². The Balaban J connectivity index is 2.08. The van der Waals surface area contributed by atoms with Gasteiger partial charge in [0.25, 0.3) is 0 Å². The molecule has 0 atom stereocenters. The fourth-order valence-corrected chi connectivity index (χ4v) is 3.33. The van der Waals surface area contributed by atoms with E-state index < -0.39 is 0 Å². The summed E-state index contributed by atoms with van der Waals surface area (Å²) in [6.45, 7) is 4.28. The van der Waals surface area contributed by atoms with Crippen LogP contribution in [-0.2, 0) is 0 Å². The summed E-state index contributed by atoms with van der Waals surface area (Å²) in [4.78, 5) is 9.46. The molecule has 0 N–H and O–H groups in total. The van der Waals surface area contributed by atoms with Crippen molar-refractivity contribution in [2.45, 2.75) is 0 Å². The normalized spacial score (nSPS) is 12.0. The molecule has 0 bridgehead atoms. The number of hydrogen-bond acceptors (Lipinski definition) is 4. The zero-order chi connectivity index (χ0) is 16.8. The summed E-state index contributed by atoms with van der Waals surface area (Å²) >= 11 is 5.07. The minimum Gasteiger partial charge on any atom is -0.264 e. The van der Waals surface area contributed by atoms with E-state index >= 15 is 0 Å². The molecule has 0 unspecified atom stereocenters. The molecule has 3 aromatic rings. The minimum atomic E-state index is 0.556. The summed E-state index contributed by atoms with van der Waals surface area (Å²) in [6, 6.07) is 12.0. The van der Waals surface area contributed by atoms with Crippen molar-refractivity contribution >= 4 is 33.5 Å². The van der Waals surface area contributed by atoms with E-state index in [-0.39, 0.29) is 0 Å². The van der Waals surface area contributed by atoms with Crippen LogP contribution in [0.2, 0.25) is 0 Å². The molecule has 0 spiro atoms. The first kappa shape index (κ1) is 16.5. The average Bonchev–Trinajstić information content (AvgIpc) is 3.02. The summed E-state index contributed by atoms with van der Waals surface area (Å²) in [7, 11) is 0. The van der Waals surface area contributed by atoms with Crippen LogP contribution in [0, 0.1) is 0 Å². The summed E-state index contributed by atoms with van der Waals surface area (Å²) < 4.78 is 2.88. The molecule has 0 saturated carbocycles. The second-order valence-corrected chi connectivity index (χ2v) is 6.64. The maximum Gasteiger partial charge on any atom is 0.206 e. The maximum absolute atomic E-state index is 4.61. The highest BCUT2D eigenvalue weighted by Gasteiger charge is 2.07. The highest BCUT2D eigenvalue weighted by molar-refractivity contribution is 9.10. The molecule has 0 aliphatic heterocycles. The van der Waals surface area contributed by atoms with Gasteiger partial charge in [-0.1, -0.05) is 40.2 Å². The first-order valence-corrected chi connectivity index (χ1v) is 8.97. The van der Waals surface area contributed by atoms with E-state index in [2.05, 4.69) is 55.1 Å². The maximum atomic E-state index is 4.61. The second kappa shape index (κ2) is 7.99. The Labute approximate surface area is 152 Å². The van der Waals surface area contributed by atoms with Gasteiger partial charge in [-0.15, -0.1) is 17.9 Å². The number of nitrogens with zero attached hydrogens (tertiary/aromatic N) is 4. The molecule has 0 aliphatic carbocycles. The lowest BCUT2D eigenvalue weighted by Crippen LogP contribution is -2.12. The number of aromatic nitrogens is 2. The standard InChI is InChI=1S/C18H15BrN4S/c1-2-8-21-18-23(22-12-14-5-4-9-20-11-14)17(13-24-18)15-6-3-7-16(19)10-15/h2-7,9-13H,1,8H2/b21-18?,22-12+. The third-order valence-corrected chi connectivity index (χ3v) is 4.52. The predicted molar refractivity (Wildman–Crippen MR) is 103 cm³/mol. The van der Waals surface area contributed by atoms with Gasteiger partial charge < -0.3 is 0 Å². The number of halogens is 1. The van der Waals surface area contributed by atoms with Crippen molar-refractivity contribution in [2.75, 3.05) is 6.54 Å². The van der Waals surface area contributed by atoms with Crippen LogP contribution in [0.25, 0.3) is 11.3 Å². The van der Waals surface area contributed by atoms with E-state index in [1.165, 1.54) is 0 Å². The van der Waals surface area contributed by atoms with Gasteiger partial charge in [-0.3, -0.25) is 9.98 Å². The van der Waals surface area contributed by atoms with Crippen LogP contribution < -0.4 is 4.80 Å². The van der Waals surface area contributed by atoms with Crippen molar-refractivity contribution in [3.05, 3.63) is 81.7 Å². The Morgan fingerprint density at radius 1 is 1.29 bits per heavy atom. The lowest BCUT2D eigenvalue weighted by Gasteiger charge is -2.04. The fourth-order valence-electron chi connectivity index (χ4n) is 2.08. The van der Waals surface area contributed by atoms with Crippen LogP contribution in [-0.4, -0.2) is 22.4 Å². The summed E-state index contributed by atoms with van der Waals surface area (Å²) in [5.74, 6) is 0. The van der Waals surface area contributed by atoms with Crippen molar-refractivity contribution in [3.8, 4) is 11.3 Å². The molecular formula is C18H15BrN4S. The molecule has 0 saturated heterocycles. The van der Waals surface area contributed by atoms with Gasteiger partial charge in [0.15, 0.2) is 0 Å². The molecule has 4 nitrogen and oxygen atoms in total. The lowest BCUT2D eigenvalue weighted by molar-refractivity contribution is 0.840. The van der Waals surface area contributed by atoms with E-state index in [1.807, 2.05) is 28.9 Å². The summed E-state index contributed by atoms with van der Waals surface area (Å²) in [5.41, 5.74) is 3.00. The van der Waals surface area contributed by atoms with E-state index in [1.54, 1.807) is 36.0 Å². The number of benzene rings is 1. The van der Waals surface area contributed by atoms with Crippen molar-refractivity contribution in [2.24, 2.45) is 10.1 Å². The average molecular weight is 399 g/mol. The summed E-state index contributed by atoms with van der Waals surface area (Å²) in [6.07, 6.45) is 7.07. The minimum absolute atomic E-state index is 0.556. The lowest BCUT2D eigenvalue weighted by atomic mass is 10.2. The number of hydrogen-bond donors (Lipinski definition) is 0. The van der Waals surface area contributed by atoms with Gasteiger partial charge >= 0.3 is 0 Å². The van der Waals surface area contributed by atoms with Crippen LogP contribution in [0.1, 0.15) is 5.56 Å². The van der Waals surface area contributed by atoms with Gasteiger partial charge in [0, 0.05) is 33.4 Å². The zero-order valence-corrected chi connectivity index (χ0v) is 15.2. The quantitative estimate of drug-likeness (QED) is 0.465. The topological polar surface area (TPSA) is 42.5 Å². The SMILES string of the molecule is C=CCN=c1scc(-c2cccc(Br)c2)n1/N=C/c1cccnc1. The smallest absolute Gasteiger partial charge is 0.206 e. The van der Waals surface area contributed by atoms with Gasteiger partial charge in [0.2, 0.25) is 4.80 Å². The van der Waals surface area contributed by atoms with E-state index in [0.29, 0.717) is 6.54 Å². The predicted octanol–water partition coefficient (Wildman–Crippen LogP) is 4.34. The van der Waals surface area contributed by atoms with Crippen molar-refractivity contribution in [1.29, 1.82) is 0 Å². The van der Waals surface area contributed by atoms with Crippen LogP contribution in [0.5, 0.6) is 0 Å². The Kier molecular flexibility index (Phi) is 5.51. The molecule has 0 fully saturated rings. The van der Waals surface area contributed by atoms with E-state index in [4.69, 9.17) is 0 Å². The van der Waals surface area contributed by atoms with Gasteiger partial charge in [-0.25, -0.2) is 4.68 Å². The van der Waals surface area contributed by atoms with Gasteiger partial charge in [0.05, 0.1) is 18.5 Å². The third kappa shape index (κ3) is 3.96.